The highest BCUT2D eigenvalue weighted by Crippen LogP contribution is 2.25. The molecule has 0 aromatic heterocycles. The van der Waals surface area contributed by atoms with Crippen molar-refractivity contribution in [1.82, 2.24) is 5.32 Å². The van der Waals surface area contributed by atoms with E-state index in [2.05, 4.69) is 5.32 Å². The van der Waals surface area contributed by atoms with Gasteiger partial charge in [0.25, 0.3) is 0 Å². The van der Waals surface area contributed by atoms with Crippen LogP contribution in [0.5, 0.6) is 0 Å². The summed E-state index contributed by atoms with van der Waals surface area (Å²) in [6.07, 6.45) is 4.13. The van der Waals surface area contributed by atoms with Crippen LogP contribution in [0.25, 0.3) is 6.08 Å². The predicted molar refractivity (Wildman–Crippen MR) is 119 cm³/mol. The van der Waals surface area contributed by atoms with Crippen molar-refractivity contribution in [2.45, 2.75) is 18.4 Å². The summed E-state index contributed by atoms with van der Waals surface area (Å²) in [5.74, 6) is -1.23. The summed E-state index contributed by atoms with van der Waals surface area (Å²) in [7, 11) is 1.33. The number of benzene rings is 3. The molecule has 0 aliphatic rings. The first-order valence-electron chi connectivity index (χ1n) is 9.88. The van der Waals surface area contributed by atoms with Gasteiger partial charge in [-0.1, -0.05) is 103 Å². The van der Waals surface area contributed by atoms with Crippen LogP contribution >= 0.6 is 0 Å². The van der Waals surface area contributed by atoms with Crippen molar-refractivity contribution in [1.29, 1.82) is 0 Å². The topological polar surface area (TPSA) is 55.4 Å². The Bertz CT molecular complexity index is 929. The minimum Gasteiger partial charge on any atom is -0.467 e. The Labute approximate surface area is 177 Å². The quantitative estimate of drug-likeness (QED) is 0.564. The number of ether oxygens (including phenoxy) is 1. The summed E-state index contributed by atoms with van der Waals surface area (Å²) in [6.45, 7) is 0. The number of carbonyl (C=O) groups excluding carboxylic acids is 2. The lowest BCUT2D eigenvalue weighted by atomic mass is 9.90. The Morgan fingerprint density at radius 3 is 1.83 bits per heavy atom. The average Bonchev–Trinajstić information content (AvgIpc) is 2.80. The minimum atomic E-state index is -0.766. The van der Waals surface area contributed by atoms with Crippen molar-refractivity contribution in [2.24, 2.45) is 0 Å². The Balaban J connectivity index is 1.80. The third-order valence-electron chi connectivity index (χ3n) is 4.81. The molecular weight excluding hydrogens is 374 g/mol. The number of amides is 1. The number of hydrogen-bond donors (Lipinski definition) is 1. The van der Waals surface area contributed by atoms with Crippen molar-refractivity contribution in [3.8, 4) is 0 Å². The molecule has 0 radical (unpaired) electrons. The Hall–Kier alpha value is -3.66. The van der Waals surface area contributed by atoms with Gasteiger partial charge in [-0.15, -0.1) is 0 Å². The molecule has 152 valence electrons. The maximum Gasteiger partial charge on any atom is 0.328 e. The lowest BCUT2D eigenvalue weighted by molar-refractivity contribution is -0.145. The normalized spacial score (nSPS) is 11.9. The monoisotopic (exact) mass is 399 g/mol. The molecule has 3 aromatic rings. The van der Waals surface area contributed by atoms with Gasteiger partial charge in [0.2, 0.25) is 5.91 Å². The van der Waals surface area contributed by atoms with Crippen molar-refractivity contribution in [3.63, 3.8) is 0 Å². The number of esters is 1. The van der Waals surface area contributed by atoms with E-state index in [1.54, 1.807) is 0 Å². The van der Waals surface area contributed by atoms with Gasteiger partial charge in [-0.3, -0.25) is 4.79 Å². The molecule has 3 aromatic carbocycles. The number of rotatable bonds is 8. The van der Waals surface area contributed by atoms with E-state index in [9.17, 15) is 9.59 Å². The van der Waals surface area contributed by atoms with E-state index in [-0.39, 0.29) is 5.91 Å². The molecule has 1 amide bonds. The van der Waals surface area contributed by atoms with E-state index in [1.165, 1.54) is 7.11 Å². The molecular formula is C26H25NO3. The Morgan fingerprint density at radius 2 is 1.33 bits per heavy atom. The van der Waals surface area contributed by atoms with Crippen LogP contribution in [0, 0.1) is 0 Å². The van der Waals surface area contributed by atoms with Crippen LogP contribution in [0.4, 0.5) is 0 Å². The van der Waals surface area contributed by atoms with Gasteiger partial charge in [-0.05, 0) is 23.1 Å². The highest BCUT2D eigenvalue weighted by atomic mass is 16.5. The van der Waals surface area contributed by atoms with Gasteiger partial charge >= 0.3 is 5.97 Å². The average molecular weight is 399 g/mol. The maximum atomic E-state index is 13.3. The smallest absolute Gasteiger partial charge is 0.328 e. The summed E-state index contributed by atoms with van der Waals surface area (Å²) in [4.78, 5) is 25.6. The first-order valence-corrected chi connectivity index (χ1v) is 9.88. The fraction of sp³-hybridized carbons (Fsp3) is 0.154. The fourth-order valence-corrected chi connectivity index (χ4v) is 3.30. The number of methoxy groups -OCH3 is 1. The Kier molecular flexibility index (Phi) is 7.56. The van der Waals surface area contributed by atoms with Crippen molar-refractivity contribution in [2.75, 3.05) is 7.11 Å². The van der Waals surface area contributed by atoms with Gasteiger partial charge in [0.1, 0.15) is 6.04 Å². The number of carbonyl (C=O) groups is 2. The van der Waals surface area contributed by atoms with Crippen molar-refractivity contribution in [3.05, 3.63) is 114 Å². The molecule has 0 fully saturated rings. The van der Waals surface area contributed by atoms with Gasteiger partial charge in [-0.2, -0.15) is 0 Å². The molecule has 1 atom stereocenters. The van der Waals surface area contributed by atoms with Crippen LogP contribution in [-0.4, -0.2) is 25.0 Å². The molecule has 4 heteroatoms. The highest BCUT2D eigenvalue weighted by molar-refractivity contribution is 5.91. The zero-order valence-corrected chi connectivity index (χ0v) is 16.9. The Morgan fingerprint density at radius 1 is 0.833 bits per heavy atom. The third-order valence-corrected chi connectivity index (χ3v) is 4.81. The van der Waals surface area contributed by atoms with Gasteiger partial charge in [0.05, 0.1) is 13.0 Å². The van der Waals surface area contributed by atoms with Crippen LogP contribution in [0.2, 0.25) is 0 Å². The zero-order valence-electron chi connectivity index (χ0n) is 16.9. The third kappa shape index (κ3) is 5.67. The molecule has 0 unspecified atom stereocenters. The molecule has 4 nitrogen and oxygen atoms in total. The first-order chi connectivity index (χ1) is 14.7. The predicted octanol–water partition coefficient (Wildman–Crippen LogP) is 4.58. The standard InChI is InChI=1S/C26H25NO3/c1-30-26(29)23(19-11-14-20-12-5-2-6-13-20)27-25(28)24(21-15-7-3-8-16-21)22-17-9-4-10-18-22/h2-18,23-24H,19H2,1H3,(H,27,28)/b14-11+/t23-/m0/s1. The second-order valence-electron chi connectivity index (χ2n) is 6.89. The molecule has 0 aliphatic carbocycles. The summed E-state index contributed by atoms with van der Waals surface area (Å²) in [5.41, 5.74) is 2.76. The van der Waals surface area contributed by atoms with Crippen LogP contribution in [-0.2, 0) is 14.3 Å². The highest BCUT2D eigenvalue weighted by Gasteiger charge is 2.27. The number of hydrogen-bond acceptors (Lipinski definition) is 3. The number of nitrogens with one attached hydrogen (secondary N) is 1. The summed E-state index contributed by atoms with van der Waals surface area (Å²) in [6, 6.07) is 28.1. The summed E-state index contributed by atoms with van der Waals surface area (Å²) >= 11 is 0. The first kappa shape index (κ1) is 21.1. The SMILES string of the molecule is COC(=O)[C@H](C/C=C/c1ccccc1)NC(=O)C(c1ccccc1)c1ccccc1. The van der Waals surface area contributed by atoms with Crippen LogP contribution < -0.4 is 5.32 Å². The molecule has 0 saturated heterocycles. The molecule has 0 spiro atoms. The second kappa shape index (κ2) is 10.8. The molecule has 0 saturated carbocycles. The second-order valence-corrected chi connectivity index (χ2v) is 6.89. The van der Waals surface area contributed by atoms with Crippen LogP contribution in [0.1, 0.15) is 29.0 Å². The lowest BCUT2D eigenvalue weighted by Crippen LogP contribution is -2.43. The van der Waals surface area contributed by atoms with Crippen molar-refractivity contribution >= 4 is 18.0 Å². The van der Waals surface area contributed by atoms with E-state index < -0.39 is 17.9 Å². The summed E-state index contributed by atoms with van der Waals surface area (Å²) < 4.78 is 4.92. The lowest BCUT2D eigenvalue weighted by Gasteiger charge is -2.21. The van der Waals surface area contributed by atoms with Gasteiger partial charge in [-0.25, -0.2) is 4.79 Å². The van der Waals surface area contributed by atoms with E-state index in [1.807, 2.05) is 103 Å². The molecule has 0 aliphatic heterocycles. The molecule has 1 N–H and O–H groups in total. The zero-order chi connectivity index (χ0) is 21.2. The van der Waals surface area contributed by atoms with Crippen LogP contribution in [0.3, 0.4) is 0 Å². The molecule has 30 heavy (non-hydrogen) atoms. The van der Waals surface area contributed by atoms with Crippen molar-refractivity contribution < 1.29 is 14.3 Å². The van der Waals surface area contributed by atoms with Gasteiger partial charge in [0.15, 0.2) is 0 Å². The largest absolute Gasteiger partial charge is 0.467 e. The van der Waals surface area contributed by atoms with Crippen LogP contribution in [0.15, 0.2) is 97.1 Å². The molecule has 0 heterocycles. The fourth-order valence-electron chi connectivity index (χ4n) is 3.30. The van der Waals surface area contributed by atoms with E-state index in [0.717, 1.165) is 16.7 Å². The van der Waals surface area contributed by atoms with Gasteiger partial charge in [0, 0.05) is 0 Å². The molecule has 0 bridgehead atoms. The van der Waals surface area contributed by atoms with E-state index in [4.69, 9.17) is 4.74 Å². The van der Waals surface area contributed by atoms with E-state index in [0.29, 0.717) is 6.42 Å². The summed E-state index contributed by atoms with van der Waals surface area (Å²) in [5, 5.41) is 2.89. The maximum absolute atomic E-state index is 13.3. The molecule has 3 rings (SSSR count). The van der Waals surface area contributed by atoms with E-state index >= 15 is 0 Å². The van der Waals surface area contributed by atoms with Gasteiger partial charge < -0.3 is 10.1 Å². The minimum absolute atomic E-state index is 0.240.